The molecule has 0 amide bonds. The molecule has 0 aromatic heterocycles. The van der Waals surface area contributed by atoms with Crippen LogP contribution in [0.5, 0.6) is 11.5 Å². The highest BCUT2D eigenvalue weighted by Crippen LogP contribution is 2.43. The number of carbonyl (C=O) groups excluding carboxylic acids is 2. The van der Waals surface area contributed by atoms with Gasteiger partial charge in [0.05, 0.1) is 11.1 Å². The summed E-state index contributed by atoms with van der Waals surface area (Å²) < 4.78 is 12.1. The highest BCUT2D eigenvalue weighted by molar-refractivity contribution is 6.14. The molecule has 4 nitrogen and oxygen atoms in total. The van der Waals surface area contributed by atoms with E-state index in [-0.39, 0.29) is 0 Å². The summed E-state index contributed by atoms with van der Waals surface area (Å²) in [6, 6.07) is 31.5. The second-order valence-electron chi connectivity index (χ2n) is 9.05. The van der Waals surface area contributed by atoms with Crippen molar-refractivity contribution >= 4 is 33.5 Å². The van der Waals surface area contributed by atoms with Crippen molar-refractivity contribution in [1.29, 1.82) is 0 Å². The summed E-state index contributed by atoms with van der Waals surface area (Å²) in [4.78, 5) is 26.2. The van der Waals surface area contributed by atoms with Crippen LogP contribution in [0.1, 0.15) is 52.5 Å². The topological polar surface area (TPSA) is 52.6 Å². The number of hydrogen-bond acceptors (Lipinski definition) is 4. The Bertz CT molecular complexity index is 1560. The Labute approximate surface area is 216 Å². The Morgan fingerprint density at radius 2 is 1.05 bits per heavy atom. The van der Waals surface area contributed by atoms with Gasteiger partial charge in [-0.2, -0.15) is 0 Å². The first-order valence-corrected chi connectivity index (χ1v) is 12.7. The van der Waals surface area contributed by atoms with Crippen molar-refractivity contribution < 1.29 is 19.1 Å². The Hall–Kier alpha value is -4.44. The number of hydrogen-bond donors (Lipinski definition) is 0. The number of fused-ring (bicyclic) bond motifs is 2. The minimum absolute atomic E-state index is 0.433. The van der Waals surface area contributed by atoms with E-state index >= 15 is 0 Å². The molecule has 0 radical (unpaired) electrons. The van der Waals surface area contributed by atoms with E-state index in [1.54, 1.807) is 24.3 Å². The fraction of sp³-hybridized carbons (Fsp3) is 0.152. The first-order valence-electron chi connectivity index (χ1n) is 12.7. The van der Waals surface area contributed by atoms with Crippen LogP contribution in [0.3, 0.4) is 0 Å². The second kappa shape index (κ2) is 11.1. The molecule has 0 saturated carbocycles. The van der Waals surface area contributed by atoms with Crippen molar-refractivity contribution in [2.24, 2.45) is 0 Å². The van der Waals surface area contributed by atoms with Gasteiger partial charge in [0, 0.05) is 21.5 Å². The van der Waals surface area contributed by atoms with Gasteiger partial charge < -0.3 is 9.47 Å². The van der Waals surface area contributed by atoms with Crippen LogP contribution in [-0.4, -0.2) is 11.9 Å². The van der Waals surface area contributed by atoms with Gasteiger partial charge in [0.25, 0.3) is 0 Å². The van der Waals surface area contributed by atoms with E-state index < -0.39 is 11.9 Å². The van der Waals surface area contributed by atoms with Gasteiger partial charge in [0.1, 0.15) is 11.5 Å². The minimum Gasteiger partial charge on any atom is -0.422 e. The van der Waals surface area contributed by atoms with E-state index in [1.807, 2.05) is 66.7 Å². The monoisotopic (exact) mass is 488 g/mol. The standard InChI is InChI=1S/C33H28O4/c1-2-3-6-13-23-20-21-28-29(22-23)31(37-33(35)25-16-9-5-10-17-25)27-19-12-11-18-26(27)30(28)36-32(34)24-14-7-4-8-15-24/h4-5,7-12,14-22H,2-3,6,13H2,1H3. The van der Waals surface area contributed by atoms with E-state index in [1.165, 1.54) is 0 Å². The van der Waals surface area contributed by atoms with Crippen LogP contribution in [0, 0.1) is 0 Å². The first kappa shape index (κ1) is 24.3. The molecule has 0 aliphatic heterocycles. The number of esters is 2. The molecule has 0 aliphatic rings. The van der Waals surface area contributed by atoms with Gasteiger partial charge in [-0.25, -0.2) is 9.59 Å². The molecule has 0 bridgehead atoms. The van der Waals surface area contributed by atoms with Crippen LogP contribution in [-0.2, 0) is 6.42 Å². The Morgan fingerprint density at radius 3 is 1.59 bits per heavy atom. The van der Waals surface area contributed by atoms with Gasteiger partial charge in [-0.15, -0.1) is 0 Å². The Balaban J connectivity index is 1.68. The lowest BCUT2D eigenvalue weighted by molar-refractivity contribution is 0.0726. The Kier molecular flexibility index (Phi) is 7.27. The molecule has 0 aliphatic carbocycles. The fourth-order valence-electron chi connectivity index (χ4n) is 4.55. The fourth-order valence-corrected chi connectivity index (χ4v) is 4.55. The van der Waals surface area contributed by atoms with E-state index in [2.05, 4.69) is 19.1 Å². The summed E-state index contributed by atoms with van der Waals surface area (Å²) in [7, 11) is 0. The summed E-state index contributed by atoms with van der Waals surface area (Å²) in [6.45, 7) is 2.18. The molecule has 184 valence electrons. The molecule has 0 atom stereocenters. The predicted molar refractivity (Wildman–Crippen MR) is 147 cm³/mol. The lowest BCUT2D eigenvalue weighted by Gasteiger charge is -2.17. The maximum absolute atomic E-state index is 13.1. The maximum atomic E-state index is 13.1. The van der Waals surface area contributed by atoms with E-state index in [9.17, 15) is 9.59 Å². The van der Waals surface area contributed by atoms with Gasteiger partial charge in [-0.3, -0.25) is 0 Å². The minimum atomic E-state index is -0.437. The average molecular weight is 489 g/mol. The van der Waals surface area contributed by atoms with E-state index in [0.717, 1.165) is 42.0 Å². The van der Waals surface area contributed by atoms with Crippen LogP contribution in [0.4, 0.5) is 0 Å². The zero-order valence-electron chi connectivity index (χ0n) is 20.8. The van der Waals surface area contributed by atoms with E-state index in [4.69, 9.17) is 9.47 Å². The number of ether oxygens (including phenoxy) is 2. The molecular formula is C33H28O4. The van der Waals surface area contributed by atoms with Gasteiger partial charge in [0.15, 0.2) is 0 Å². The largest absolute Gasteiger partial charge is 0.422 e. The molecular weight excluding hydrogens is 460 g/mol. The van der Waals surface area contributed by atoms with Crippen molar-refractivity contribution in [1.82, 2.24) is 0 Å². The third-order valence-electron chi connectivity index (χ3n) is 6.47. The molecule has 0 spiro atoms. The normalized spacial score (nSPS) is 10.9. The smallest absolute Gasteiger partial charge is 0.343 e. The SMILES string of the molecule is CCCCCc1ccc2c(OC(=O)c3ccccc3)c3ccccc3c(OC(=O)c3ccccc3)c2c1. The molecule has 0 unspecified atom stereocenters. The molecule has 0 saturated heterocycles. The highest BCUT2D eigenvalue weighted by atomic mass is 16.5. The summed E-state index contributed by atoms with van der Waals surface area (Å²) >= 11 is 0. The number of benzene rings is 5. The van der Waals surface area contributed by atoms with Gasteiger partial charge in [-0.05, 0) is 48.7 Å². The van der Waals surface area contributed by atoms with Crippen molar-refractivity contribution in [3.05, 3.63) is 120 Å². The van der Waals surface area contributed by atoms with Crippen LogP contribution in [0.25, 0.3) is 21.5 Å². The molecule has 0 fully saturated rings. The van der Waals surface area contributed by atoms with Gasteiger partial charge in [-0.1, -0.05) is 92.6 Å². The van der Waals surface area contributed by atoms with Crippen molar-refractivity contribution in [3.8, 4) is 11.5 Å². The zero-order valence-corrected chi connectivity index (χ0v) is 20.8. The lowest BCUT2D eigenvalue weighted by atomic mass is 9.97. The van der Waals surface area contributed by atoms with Crippen molar-refractivity contribution in [2.45, 2.75) is 32.6 Å². The number of rotatable bonds is 8. The number of aryl methyl sites for hydroxylation is 1. The van der Waals surface area contributed by atoms with Crippen LogP contribution >= 0.6 is 0 Å². The number of carbonyl (C=O) groups is 2. The molecule has 5 aromatic rings. The number of unbranched alkanes of at least 4 members (excludes halogenated alkanes) is 2. The van der Waals surface area contributed by atoms with Gasteiger partial charge >= 0.3 is 11.9 Å². The zero-order chi connectivity index (χ0) is 25.6. The highest BCUT2D eigenvalue weighted by Gasteiger charge is 2.21. The molecule has 5 aromatic carbocycles. The van der Waals surface area contributed by atoms with Crippen LogP contribution in [0.2, 0.25) is 0 Å². The lowest BCUT2D eigenvalue weighted by Crippen LogP contribution is -2.11. The Morgan fingerprint density at radius 1 is 0.568 bits per heavy atom. The third-order valence-corrected chi connectivity index (χ3v) is 6.47. The average Bonchev–Trinajstić information content (AvgIpc) is 2.95. The molecule has 0 N–H and O–H groups in total. The molecule has 0 heterocycles. The first-order chi connectivity index (χ1) is 18.2. The van der Waals surface area contributed by atoms with Crippen molar-refractivity contribution in [3.63, 3.8) is 0 Å². The van der Waals surface area contributed by atoms with Crippen LogP contribution < -0.4 is 9.47 Å². The van der Waals surface area contributed by atoms with Crippen molar-refractivity contribution in [2.75, 3.05) is 0 Å². The van der Waals surface area contributed by atoms with E-state index in [0.29, 0.717) is 33.4 Å². The third kappa shape index (κ3) is 5.24. The summed E-state index contributed by atoms with van der Waals surface area (Å²) in [5.41, 5.74) is 2.09. The summed E-state index contributed by atoms with van der Waals surface area (Å²) in [5.74, 6) is 0.0564. The second-order valence-corrected chi connectivity index (χ2v) is 9.05. The maximum Gasteiger partial charge on any atom is 0.343 e. The summed E-state index contributed by atoms with van der Waals surface area (Å²) in [6.07, 6.45) is 4.27. The summed E-state index contributed by atoms with van der Waals surface area (Å²) in [5, 5.41) is 2.88. The quantitative estimate of drug-likeness (QED) is 0.0957. The molecule has 5 rings (SSSR count). The molecule has 37 heavy (non-hydrogen) atoms. The van der Waals surface area contributed by atoms with Gasteiger partial charge in [0.2, 0.25) is 0 Å². The van der Waals surface area contributed by atoms with Crippen LogP contribution in [0.15, 0.2) is 103 Å². The predicted octanol–water partition coefficient (Wildman–Crippen LogP) is 8.16. The molecule has 4 heteroatoms.